The zero-order valence-electron chi connectivity index (χ0n) is 8.51. The first-order valence-corrected chi connectivity index (χ1v) is 4.81. The fourth-order valence-corrected chi connectivity index (χ4v) is 1.26. The highest BCUT2D eigenvalue weighted by Gasteiger charge is 2.18. The standard InChI is InChI=1S/C10H22O2/c1-9(2)5-4-6-10(3,12)7-8-11/h9,11-12H,4-8H2,1-3H3/t10-/m1/s1. The van der Waals surface area contributed by atoms with Crippen molar-refractivity contribution in [3.8, 4) is 0 Å². The van der Waals surface area contributed by atoms with Crippen LogP contribution in [0.3, 0.4) is 0 Å². The Kier molecular flexibility index (Phi) is 5.51. The Balaban J connectivity index is 3.46. The molecule has 0 rings (SSSR count). The molecule has 74 valence electrons. The Bertz CT molecular complexity index is 108. The molecule has 2 heteroatoms. The van der Waals surface area contributed by atoms with Gasteiger partial charge in [-0.25, -0.2) is 0 Å². The number of aliphatic hydroxyl groups is 2. The van der Waals surface area contributed by atoms with Crippen molar-refractivity contribution in [2.24, 2.45) is 5.92 Å². The highest BCUT2D eigenvalue weighted by atomic mass is 16.3. The first kappa shape index (κ1) is 11.9. The summed E-state index contributed by atoms with van der Waals surface area (Å²) in [5.74, 6) is 0.704. The normalized spacial score (nSPS) is 16.5. The molecule has 0 radical (unpaired) electrons. The van der Waals surface area contributed by atoms with Gasteiger partial charge in [0, 0.05) is 6.61 Å². The summed E-state index contributed by atoms with van der Waals surface area (Å²) in [6.07, 6.45) is 3.49. The molecule has 0 unspecified atom stereocenters. The van der Waals surface area contributed by atoms with E-state index in [0.717, 1.165) is 19.3 Å². The van der Waals surface area contributed by atoms with Gasteiger partial charge in [0.15, 0.2) is 0 Å². The molecule has 0 aliphatic heterocycles. The predicted molar refractivity (Wildman–Crippen MR) is 51.0 cm³/mol. The molecule has 12 heavy (non-hydrogen) atoms. The minimum Gasteiger partial charge on any atom is -0.396 e. The second kappa shape index (κ2) is 5.55. The molecule has 0 heterocycles. The lowest BCUT2D eigenvalue weighted by atomic mass is 9.93. The minimum absolute atomic E-state index is 0.0781. The van der Waals surface area contributed by atoms with Crippen LogP contribution in [-0.4, -0.2) is 22.4 Å². The fraction of sp³-hybridized carbons (Fsp3) is 1.00. The molecule has 2 nitrogen and oxygen atoms in total. The van der Waals surface area contributed by atoms with Gasteiger partial charge in [-0.1, -0.05) is 26.7 Å². The van der Waals surface area contributed by atoms with Gasteiger partial charge in [-0.15, -0.1) is 0 Å². The molecule has 0 bridgehead atoms. The Morgan fingerprint density at radius 1 is 1.25 bits per heavy atom. The van der Waals surface area contributed by atoms with Crippen LogP contribution >= 0.6 is 0 Å². The summed E-state index contributed by atoms with van der Waals surface area (Å²) in [5.41, 5.74) is -0.663. The lowest BCUT2D eigenvalue weighted by molar-refractivity contribution is 0.0226. The van der Waals surface area contributed by atoms with Crippen LogP contribution in [0, 0.1) is 5.92 Å². The first-order valence-electron chi connectivity index (χ1n) is 4.81. The number of hydrogen-bond acceptors (Lipinski definition) is 2. The Morgan fingerprint density at radius 2 is 1.83 bits per heavy atom. The van der Waals surface area contributed by atoms with Crippen LogP contribution in [0.15, 0.2) is 0 Å². The van der Waals surface area contributed by atoms with E-state index in [1.54, 1.807) is 6.92 Å². The van der Waals surface area contributed by atoms with Crippen molar-refractivity contribution in [1.29, 1.82) is 0 Å². The van der Waals surface area contributed by atoms with Gasteiger partial charge in [0.25, 0.3) is 0 Å². The summed E-state index contributed by atoms with van der Waals surface area (Å²) in [5, 5.41) is 18.3. The van der Waals surface area contributed by atoms with Gasteiger partial charge in [0.1, 0.15) is 0 Å². The van der Waals surface area contributed by atoms with Crippen LogP contribution in [0.4, 0.5) is 0 Å². The quantitative estimate of drug-likeness (QED) is 0.646. The van der Waals surface area contributed by atoms with Crippen molar-refractivity contribution >= 4 is 0 Å². The van der Waals surface area contributed by atoms with E-state index in [-0.39, 0.29) is 6.61 Å². The molecule has 0 saturated carbocycles. The topological polar surface area (TPSA) is 40.5 Å². The molecule has 0 aliphatic carbocycles. The first-order chi connectivity index (χ1) is 5.48. The molecule has 0 aromatic rings. The van der Waals surface area contributed by atoms with E-state index in [2.05, 4.69) is 13.8 Å². The SMILES string of the molecule is CC(C)CCC[C@@](C)(O)CCO. The van der Waals surface area contributed by atoms with Gasteiger partial charge in [-0.05, 0) is 25.7 Å². The summed E-state index contributed by atoms with van der Waals surface area (Å²) in [7, 11) is 0. The van der Waals surface area contributed by atoms with Crippen LogP contribution in [0.5, 0.6) is 0 Å². The van der Waals surface area contributed by atoms with Crippen molar-refractivity contribution in [1.82, 2.24) is 0 Å². The van der Waals surface area contributed by atoms with Gasteiger partial charge in [-0.2, -0.15) is 0 Å². The smallest absolute Gasteiger partial charge is 0.0641 e. The van der Waals surface area contributed by atoms with Crippen molar-refractivity contribution in [2.75, 3.05) is 6.61 Å². The molecule has 0 amide bonds. The molecular formula is C10H22O2. The van der Waals surface area contributed by atoms with Gasteiger partial charge in [-0.3, -0.25) is 0 Å². The second-order valence-corrected chi connectivity index (χ2v) is 4.26. The van der Waals surface area contributed by atoms with Gasteiger partial charge in [0.05, 0.1) is 5.60 Å². The van der Waals surface area contributed by atoms with Crippen LogP contribution in [0.2, 0.25) is 0 Å². The third kappa shape index (κ3) is 6.62. The number of aliphatic hydroxyl groups excluding tert-OH is 1. The van der Waals surface area contributed by atoms with Crippen molar-refractivity contribution < 1.29 is 10.2 Å². The number of rotatable bonds is 6. The molecule has 0 aromatic heterocycles. The lowest BCUT2D eigenvalue weighted by Gasteiger charge is -2.22. The molecule has 0 fully saturated rings. The Morgan fingerprint density at radius 3 is 2.25 bits per heavy atom. The molecule has 0 saturated heterocycles. The molecule has 0 aromatic carbocycles. The van der Waals surface area contributed by atoms with Crippen molar-refractivity contribution in [3.05, 3.63) is 0 Å². The van der Waals surface area contributed by atoms with Gasteiger partial charge < -0.3 is 10.2 Å². The van der Waals surface area contributed by atoms with E-state index < -0.39 is 5.60 Å². The largest absolute Gasteiger partial charge is 0.396 e. The highest BCUT2D eigenvalue weighted by molar-refractivity contribution is 4.71. The van der Waals surface area contributed by atoms with E-state index in [1.807, 2.05) is 0 Å². The van der Waals surface area contributed by atoms with Crippen LogP contribution in [0.1, 0.15) is 46.5 Å². The van der Waals surface area contributed by atoms with Crippen molar-refractivity contribution in [3.63, 3.8) is 0 Å². The van der Waals surface area contributed by atoms with Crippen LogP contribution in [-0.2, 0) is 0 Å². The average Bonchev–Trinajstić information content (AvgIpc) is 1.85. The highest BCUT2D eigenvalue weighted by Crippen LogP contribution is 2.19. The third-order valence-corrected chi connectivity index (χ3v) is 2.15. The molecule has 2 N–H and O–H groups in total. The summed E-state index contributed by atoms with van der Waals surface area (Å²) >= 11 is 0. The zero-order valence-corrected chi connectivity index (χ0v) is 8.51. The van der Waals surface area contributed by atoms with E-state index in [4.69, 9.17) is 5.11 Å². The minimum atomic E-state index is -0.663. The van der Waals surface area contributed by atoms with Gasteiger partial charge >= 0.3 is 0 Å². The maximum absolute atomic E-state index is 9.67. The van der Waals surface area contributed by atoms with Crippen LogP contribution in [0.25, 0.3) is 0 Å². The van der Waals surface area contributed by atoms with E-state index in [1.165, 1.54) is 0 Å². The maximum Gasteiger partial charge on any atom is 0.0641 e. The molecule has 1 atom stereocenters. The fourth-order valence-electron chi connectivity index (χ4n) is 1.26. The monoisotopic (exact) mass is 174 g/mol. The average molecular weight is 174 g/mol. The van der Waals surface area contributed by atoms with Gasteiger partial charge in [0.2, 0.25) is 0 Å². The lowest BCUT2D eigenvalue weighted by Crippen LogP contribution is -2.25. The molecule has 0 spiro atoms. The zero-order chi connectivity index (χ0) is 9.61. The summed E-state index contributed by atoms with van der Waals surface area (Å²) < 4.78 is 0. The summed E-state index contributed by atoms with van der Waals surface area (Å²) in [4.78, 5) is 0. The van der Waals surface area contributed by atoms with Crippen LogP contribution < -0.4 is 0 Å². The third-order valence-electron chi connectivity index (χ3n) is 2.15. The molecule has 0 aliphatic rings. The number of hydrogen-bond donors (Lipinski definition) is 2. The van der Waals surface area contributed by atoms with Crippen molar-refractivity contribution in [2.45, 2.75) is 52.1 Å². The van der Waals surface area contributed by atoms with E-state index in [0.29, 0.717) is 12.3 Å². The summed E-state index contributed by atoms with van der Waals surface area (Å²) in [6.45, 7) is 6.24. The maximum atomic E-state index is 9.67. The predicted octanol–water partition coefficient (Wildman–Crippen LogP) is 1.95. The van der Waals surface area contributed by atoms with E-state index in [9.17, 15) is 5.11 Å². The van der Waals surface area contributed by atoms with E-state index >= 15 is 0 Å². The Labute approximate surface area is 75.6 Å². The summed E-state index contributed by atoms with van der Waals surface area (Å²) in [6, 6.07) is 0. The molecular weight excluding hydrogens is 152 g/mol. The Hall–Kier alpha value is -0.0800. The second-order valence-electron chi connectivity index (χ2n) is 4.26.